The van der Waals surface area contributed by atoms with Gasteiger partial charge in [-0.25, -0.2) is 4.68 Å². The van der Waals surface area contributed by atoms with Crippen LogP contribution >= 0.6 is 11.6 Å². The van der Waals surface area contributed by atoms with Gasteiger partial charge in [-0.05, 0) is 43.3 Å². The van der Waals surface area contributed by atoms with E-state index in [-0.39, 0.29) is 6.10 Å². The van der Waals surface area contributed by atoms with Gasteiger partial charge in [0.05, 0.1) is 17.3 Å². The van der Waals surface area contributed by atoms with E-state index >= 15 is 0 Å². The third-order valence-corrected chi connectivity index (χ3v) is 4.34. The average Bonchev–Trinajstić information content (AvgIpc) is 3.13. The van der Waals surface area contributed by atoms with Crippen LogP contribution in [-0.4, -0.2) is 15.0 Å². The second-order valence-electron chi connectivity index (χ2n) is 5.85. The Labute approximate surface area is 154 Å². The van der Waals surface area contributed by atoms with Crippen molar-refractivity contribution in [3.8, 4) is 11.4 Å². The zero-order valence-electron chi connectivity index (χ0n) is 13.9. The maximum Gasteiger partial charge on any atom is 0.227 e. The lowest BCUT2D eigenvalue weighted by Gasteiger charge is -2.13. The Bertz CT molecular complexity index is 1060. The highest BCUT2D eigenvalue weighted by Gasteiger charge is 2.16. The van der Waals surface area contributed by atoms with Gasteiger partial charge < -0.3 is 9.94 Å². The van der Waals surface area contributed by atoms with Crippen molar-refractivity contribution in [3.05, 3.63) is 82.9 Å². The largest absolute Gasteiger partial charge is 0.618 e. The molecule has 0 aliphatic carbocycles. The molecule has 0 radical (unpaired) electrons. The minimum atomic E-state index is -0.332. The molecule has 0 saturated heterocycles. The monoisotopic (exact) mass is 366 g/mol. The molecule has 26 heavy (non-hydrogen) atoms. The van der Waals surface area contributed by atoms with Crippen molar-refractivity contribution in [1.29, 1.82) is 0 Å². The van der Waals surface area contributed by atoms with Gasteiger partial charge in [0.15, 0.2) is 6.20 Å². The summed E-state index contributed by atoms with van der Waals surface area (Å²) in [6.07, 6.45) is 2.95. The third-order valence-electron chi connectivity index (χ3n) is 4.09. The Balaban J connectivity index is 1.60. The summed E-state index contributed by atoms with van der Waals surface area (Å²) >= 11 is 5.91. The highest BCUT2D eigenvalue weighted by Crippen LogP contribution is 2.27. The molecule has 2 aromatic carbocycles. The van der Waals surface area contributed by atoms with E-state index in [1.807, 2.05) is 37.4 Å². The van der Waals surface area contributed by atoms with Crippen LogP contribution in [0.25, 0.3) is 16.6 Å². The quantitative estimate of drug-likeness (QED) is 0.406. The molecule has 130 valence electrons. The number of rotatable bonds is 4. The number of fused-ring (bicyclic) bond motifs is 1. The molecule has 4 aromatic rings. The number of hydrogen-bond acceptors (Lipinski definition) is 4. The van der Waals surface area contributed by atoms with E-state index in [1.54, 1.807) is 35.0 Å². The summed E-state index contributed by atoms with van der Waals surface area (Å²) in [6.45, 7) is 1.89. The van der Waals surface area contributed by atoms with Gasteiger partial charge in [0.25, 0.3) is 0 Å². The number of aromatic nitrogens is 4. The summed E-state index contributed by atoms with van der Waals surface area (Å²) in [5.41, 5.74) is 2.10. The molecule has 0 N–H and O–H groups in total. The molecule has 0 amide bonds. The zero-order chi connectivity index (χ0) is 18.1. The summed E-state index contributed by atoms with van der Waals surface area (Å²) in [5.74, 6) is 0.626. The van der Waals surface area contributed by atoms with Crippen molar-refractivity contribution in [1.82, 2.24) is 15.0 Å². The zero-order valence-corrected chi connectivity index (χ0v) is 14.7. The molecular formula is C19H15ClN4O2. The Morgan fingerprint density at radius 1 is 1.12 bits per heavy atom. The first-order valence-electron chi connectivity index (χ1n) is 8.07. The second-order valence-corrected chi connectivity index (χ2v) is 6.28. The molecule has 6 nitrogen and oxygen atoms in total. The topological polar surface area (TPSA) is 66.9 Å². The minimum absolute atomic E-state index is 0.332. The van der Waals surface area contributed by atoms with E-state index < -0.39 is 0 Å². The van der Waals surface area contributed by atoms with E-state index in [0.717, 1.165) is 15.8 Å². The van der Waals surface area contributed by atoms with Gasteiger partial charge in [0.1, 0.15) is 17.5 Å². The highest BCUT2D eigenvalue weighted by atomic mass is 35.5. The maximum atomic E-state index is 11.9. The van der Waals surface area contributed by atoms with Crippen LogP contribution in [0.4, 0.5) is 0 Å². The fourth-order valence-electron chi connectivity index (χ4n) is 2.73. The molecule has 0 unspecified atom stereocenters. The fraction of sp³-hybridized carbons (Fsp3) is 0.105. The van der Waals surface area contributed by atoms with Crippen LogP contribution in [-0.2, 0) is 0 Å². The first kappa shape index (κ1) is 16.4. The van der Waals surface area contributed by atoms with Crippen molar-refractivity contribution >= 4 is 22.5 Å². The number of ether oxygens (including phenoxy) is 1. The van der Waals surface area contributed by atoms with Gasteiger partial charge in [0, 0.05) is 17.2 Å². The number of hydrogen-bond donors (Lipinski definition) is 0. The molecule has 0 saturated carbocycles. The van der Waals surface area contributed by atoms with Gasteiger partial charge in [-0.15, -0.1) is 5.10 Å². The maximum absolute atomic E-state index is 11.9. The van der Waals surface area contributed by atoms with Crippen LogP contribution in [0.1, 0.15) is 18.7 Å². The number of halogens is 1. The summed E-state index contributed by atoms with van der Waals surface area (Å²) in [7, 11) is 0. The number of benzene rings is 2. The summed E-state index contributed by atoms with van der Waals surface area (Å²) in [4.78, 5) is 0. The van der Waals surface area contributed by atoms with Crippen molar-refractivity contribution in [2.24, 2.45) is 0 Å². The lowest BCUT2D eigenvalue weighted by atomic mass is 10.2. The van der Waals surface area contributed by atoms with Crippen molar-refractivity contribution < 1.29 is 9.47 Å². The summed E-state index contributed by atoms with van der Waals surface area (Å²) in [6, 6.07) is 16.3. The lowest BCUT2D eigenvalue weighted by Crippen LogP contribution is -2.25. The first-order valence-corrected chi connectivity index (χ1v) is 8.45. The molecule has 0 spiro atoms. The first-order chi connectivity index (χ1) is 12.6. The van der Waals surface area contributed by atoms with E-state index in [0.29, 0.717) is 22.0 Å². The van der Waals surface area contributed by atoms with Crippen LogP contribution < -0.4 is 9.47 Å². The Morgan fingerprint density at radius 3 is 2.73 bits per heavy atom. The van der Waals surface area contributed by atoms with E-state index in [4.69, 9.17) is 16.3 Å². The van der Waals surface area contributed by atoms with Crippen LogP contribution in [0.3, 0.4) is 0 Å². The fourth-order valence-corrected chi connectivity index (χ4v) is 2.85. The minimum Gasteiger partial charge on any atom is -0.618 e. The molecule has 7 heteroatoms. The summed E-state index contributed by atoms with van der Waals surface area (Å²) < 4.78 is 8.54. The molecule has 4 rings (SSSR count). The normalized spacial score (nSPS) is 12.2. The average molecular weight is 367 g/mol. The Kier molecular flexibility index (Phi) is 4.18. The van der Waals surface area contributed by atoms with Gasteiger partial charge in [-0.2, -0.15) is 4.73 Å². The Morgan fingerprint density at radius 2 is 1.92 bits per heavy atom. The summed E-state index contributed by atoms with van der Waals surface area (Å²) in [5, 5.41) is 21.7. The molecule has 0 aliphatic heterocycles. The van der Waals surface area contributed by atoms with Gasteiger partial charge in [-0.3, -0.25) is 0 Å². The van der Waals surface area contributed by atoms with Crippen molar-refractivity contribution in [3.63, 3.8) is 0 Å². The molecule has 0 fully saturated rings. The third kappa shape index (κ3) is 3.07. The number of nitrogens with zero attached hydrogens (tertiary/aromatic N) is 4. The standard InChI is InChI=1S/C19H15ClN4O2/c1-13(17-12-23(22-21-17)15-9-7-14(20)8-10-15)26-19-6-2-5-18-16(19)4-3-11-24(18)25/h2-13H,1H3/t13-/m1/s1. The smallest absolute Gasteiger partial charge is 0.227 e. The molecule has 0 bridgehead atoms. The molecule has 1 atom stereocenters. The van der Waals surface area contributed by atoms with Crippen LogP contribution in [0.2, 0.25) is 5.02 Å². The van der Waals surface area contributed by atoms with E-state index in [2.05, 4.69) is 10.3 Å². The van der Waals surface area contributed by atoms with Crippen LogP contribution in [0.5, 0.6) is 5.75 Å². The molecule has 2 heterocycles. The van der Waals surface area contributed by atoms with Crippen molar-refractivity contribution in [2.45, 2.75) is 13.0 Å². The highest BCUT2D eigenvalue weighted by molar-refractivity contribution is 6.30. The van der Waals surface area contributed by atoms with Crippen molar-refractivity contribution in [2.75, 3.05) is 0 Å². The van der Waals surface area contributed by atoms with Crippen LogP contribution in [0.15, 0.2) is 67.0 Å². The molecule has 2 aromatic heterocycles. The SMILES string of the molecule is C[C@@H](Oc1cccc2c1ccc[n+]2[O-])c1cn(-c2ccc(Cl)cc2)nn1. The van der Waals surface area contributed by atoms with Gasteiger partial charge in [-0.1, -0.05) is 22.9 Å². The van der Waals surface area contributed by atoms with Crippen LogP contribution in [0, 0.1) is 5.21 Å². The van der Waals surface area contributed by atoms with E-state index in [1.165, 1.54) is 6.20 Å². The van der Waals surface area contributed by atoms with E-state index in [9.17, 15) is 5.21 Å². The van der Waals surface area contributed by atoms with Gasteiger partial charge in [0.2, 0.25) is 5.52 Å². The van der Waals surface area contributed by atoms with Gasteiger partial charge >= 0.3 is 0 Å². The Hall–Kier alpha value is -3.12. The predicted molar refractivity (Wildman–Crippen MR) is 98.3 cm³/mol. The molecular weight excluding hydrogens is 352 g/mol. The number of pyridine rings is 1. The second kappa shape index (κ2) is 6.65. The predicted octanol–water partition coefficient (Wildman–Crippen LogP) is 3.85. The lowest BCUT2D eigenvalue weighted by molar-refractivity contribution is -0.577. The molecule has 0 aliphatic rings.